The molecule has 1 aromatic carbocycles. The molecule has 7 heteroatoms. The fraction of sp³-hybridized carbons (Fsp3) is 0.704. The number of amides is 2. The highest BCUT2D eigenvalue weighted by Gasteiger charge is 2.66. The van der Waals surface area contributed by atoms with Gasteiger partial charge in [0.1, 0.15) is 0 Å². The number of carbonyl (C=O) groups excluding carboxylic acids is 2. The summed E-state index contributed by atoms with van der Waals surface area (Å²) in [6.07, 6.45) is 6.50. The summed E-state index contributed by atoms with van der Waals surface area (Å²) in [7, 11) is 1.69. The van der Waals surface area contributed by atoms with E-state index in [1.807, 2.05) is 18.2 Å². The van der Waals surface area contributed by atoms with Crippen molar-refractivity contribution < 1.29 is 9.59 Å². The van der Waals surface area contributed by atoms with Crippen LogP contribution < -0.4 is 16.0 Å². The molecule has 4 atom stereocenters. The van der Waals surface area contributed by atoms with Gasteiger partial charge < -0.3 is 16.0 Å². The quantitative estimate of drug-likeness (QED) is 0.446. The second-order valence-electron chi connectivity index (χ2n) is 10.5. The van der Waals surface area contributed by atoms with E-state index in [9.17, 15) is 9.59 Å². The molecule has 0 unspecified atom stereocenters. The van der Waals surface area contributed by atoms with Gasteiger partial charge in [0.15, 0.2) is 0 Å². The molecule has 2 aliphatic heterocycles. The summed E-state index contributed by atoms with van der Waals surface area (Å²) >= 11 is 6.26. The first-order valence-corrected chi connectivity index (χ1v) is 11.7. The first kappa shape index (κ1) is 32.8. The number of likely N-dealkylation sites (N-methyl/N-ethyl adjacent to an activating group) is 1. The van der Waals surface area contributed by atoms with E-state index in [0.717, 1.165) is 43.4 Å². The monoisotopic (exact) mass is 513 g/mol. The van der Waals surface area contributed by atoms with Crippen molar-refractivity contribution in [3.05, 3.63) is 28.8 Å². The molecule has 2 amide bonds. The fourth-order valence-electron chi connectivity index (χ4n) is 6.32. The normalized spacial score (nSPS) is 27.9. The Hall–Kier alpha value is -1.24. The summed E-state index contributed by atoms with van der Waals surface area (Å²) < 4.78 is 0. The van der Waals surface area contributed by atoms with E-state index in [4.69, 9.17) is 11.6 Å². The summed E-state index contributed by atoms with van der Waals surface area (Å²) in [4.78, 5) is 26.9. The highest BCUT2D eigenvalue weighted by molar-refractivity contribution is 7.59. The van der Waals surface area contributed by atoms with Crippen LogP contribution in [0.3, 0.4) is 0 Å². The van der Waals surface area contributed by atoms with Crippen molar-refractivity contribution in [2.75, 3.05) is 12.4 Å². The number of rotatable bonds is 3. The Morgan fingerprint density at radius 3 is 2.32 bits per heavy atom. The number of hydrogen-bond acceptors (Lipinski definition) is 3. The second-order valence-corrected chi connectivity index (χ2v) is 10.9. The molecule has 0 aromatic heterocycles. The zero-order chi connectivity index (χ0) is 21.7. The SMILES string of the molecule is C.C.C.CNC(=O)[C@@H]1N[C@H](CC(C)(C)C)[C@]2(C(=O)Nc3cc(Cl)ccc32)[C@H]1C1CCCCC1.S. The van der Waals surface area contributed by atoms with Crippen LogP contribution in [0.5, 0.6) is 0 Å². The van der Waals surface area contributed by atoms with Crippen molar-refractivity contribution in [2.24, 2.45) is 17.3 Å². The van der Waals surface area contributed by atoms with Gasteiger partial charge in [-0.3, -0.25) is 9.59 Å². The maximum atomic E-state index is 13.8. The highest BCUT2D eigenvalue weighted by atomic mass is 35.5. The zero-order valence-electron chi connectivity index (χ0n) is 19.0. The Labute approximate surface area is 220 Å². The lowest BCUT2D eigenvalue weighted by molar-refractivity contribution is -0.126. The summed E-state index contributed by atoms with van der Waals surface area (Å²) in [6, 6.07) is 5.24. The molecule has 1 spiro atoms. The molecule has 2 fully saturated rings. The van der Waals surface area contributed by atoms with E-state index in [2.05, 4.69) is 36.7 Å². The summed E-state index contributed by atoms with van der Waals surface area (Å²) in [5.74, 6) is 0.262. The highest BCUT2D eigenvalue weighted by Crippen LogP contribution is 2.56. The van der Waals surface area contributed by atoms with Gasteiger partial charge in [-0.2, -0.15) is 13.5 Å². The molecule has 1 saturated heterocycles. The van der Waals surface area contributed by atoms with E-state index in [1.165, 1.54) is 6.42 Å². The number of halogens is 1. The third-order valence-corrected chi connectivity index (χ3v) is 7.60. The molecule has 4 rings (SSSR count). The first-order chi connectivity index (χ1) is 14.2. The molecule has 3 N–H and O–H groups in total. The summed E-state index contributed by atoms with van der Waals surface area (Å²) in [5, 5.41) is 10.3. The predicted octanol–water partition coefficient (Wildman–Crippen LogP) is 6.27. The Bertz CT molecular complexity index is 851. The maximum Gasteiger partial charge on any atom is 0.237 e. The molecule has 5 nitrogen and oxygen atoms in total. The third kappa shape index (κ3) is 5.44. The van der Waals surface area contributed by atoms with Crippen LogP contribution in [0.15, 0.2) is 18.2 Å². The summed E-state index contributed by atoms with van der Waals surface area (Å²) in [6.45, 7) is 6.59. The third-order valence-electron chi connectivity index (χ3n) is 7.37. The van der Waals surface area contributed by atoms with Gasteiger partial charge >= 0.3 is 0 Å². The van der Waals surface area contributed by atoms with E-state index in [0.29, 0.717) is 10.9 Å². The van der Waals surface area contributed by atoms with Crippen molar-refractivity contribution in [3.63, 3.8) is 0 Å². The van der Waals surface area contributed by atoms with Crippen molar-refractivity contribution in [1.82, 2.24) is 10.6 Å². The maximum absolute atomic E-state index is 13.8. The van der Waals surface area contributed by atoms with E-state index >= 15 is 0 Å². The van der Waals surface area contributed by atoms with Crippen LogP contribution in [0.2, 0.25) is 5.02 Å². The lowest BCUT2D eigenvalue weighted by Crippen LogP contribution is -2.52. The first-order valence-electron chi connectivity index (χ1n) is 11.3. The largest absolute Gasteiger partial charge is 0.358 e. The number of hydrogen-bond donors (Lipinski definition) is 3. The van der Waals surface area contributed by atoms with Crippen LogP contribution in [0.4, 0.5) is 5.69 Å². The van der Waals surface area contributed by atoms with Crippen molar-refractivity contribution >= 4 is 42.6 Å². The second kappa shape index (κ2) is 12.1. The molecule has 1 aliphatic carbocycles. The lowest BCUT2D eigenvalue weighted by Gasteiger charge is -2.42. The molecule has 0 radical (unpaired) electrons. The molecular weight excluding hydrogens is 466 g/mol. The van der Waals surface area contributed by atoms with Crippen molar-refractivity contribution in [1.29, 1.82) is 0 Å². The zero-order valence-corrected chi connectivity index (χ0v) is 20.7. The number of nitrogens with one attached hydrogen (secondary N) is 3. The average molecular weight is 514 g/mol. The Morgan fingerprint density at radius 2 is 1.76 bits per heavy atom. The Kier molecular flexibility index (Phi) is 11.7. The molecule has 2 heterocycles. The van der Waals surface area contributed by atoms with Crippen LogP contribution >= 0.6 is 25.1 Å². The molecule has 1 aromatic rings. The van der Waals surface area contributed by atoms with Crippen LogP contribution in [0.1, 0.15) is 87.1 Å². The number of anilines is 1. The topological polar surface area (TPSA) is 70.2 Å². The number of carbonyl (C=O) groups is 2. The van der Waals surface area contributed by atoms with Gasteiger partial charge in [-0.15, -0.1) is 0 Å². The van der Waals surface area contributed by atoms with Crippen LogP contribution in [0, 0.1) is 17.3 Å². The van der Waals surface area contributed by atoms with E-state index in [-0.39, 0.29) is 71.0 Å². The molecule has 1 saturated carbocycles. The number of benzene rings is 1. The summed E-state index contributed by atoms with van der Waals surface area (Å²) in [5.41, 5.74) is 1.05. The van der Waals surface area contributed by atoms with Crippen LogP contribution in [0.25, 0.3) is 0 Å². The van der Waals surface area contributed by atoms with Gasteiger partial charge in [0, 0.05) is 29.7 Å². The lowest BCUT2D eigenvalue weighted by atomic mass is 9.59. The van der Waals surface area contributed by atoms with Crippen molar-refractivity contribution in [3.8, 4) is 0 Å². The Morgan fingerprint density at radius 1 is 1.15 bits per heavy atom. The standard InChI is InChI=1S/C24H34ClN3O2.3CH4.H2S/c1-23(2,3)13-18-24(16-11-10-15(25)12-17(16)27-22(24)30)19(14-8-6-5-7-9-14)20(28-18)21(29)26-4;;;;/h10-12,14,18-20,28H,5-9,13H2,1-4H3,(H,26,29)(H,27,30);3*1H4;1H2/t18-,19+,20-,24+;;;;/m1..../s1. The van der Waals surface area contributed by atoms with Gasteiger partial charge in [0.2, 0.25) is 11.8 Å². The van der Waals surface area contributed by atoms with Crippen LogP contribution in [-0.2, 0) is 15.0 Å². The molecule has 0 bridgehead atoms. The van der Waals surface area contributed by atoms with Crippen molar-refractivity contribution in [2.45, 2.75) is 99.1 Å². The smallest absolute Gasteiger partial charge is 0.237 e. The predicted molar refractivity (Wildman–Crippen MR) is 151 cm³/mol. The van der Waals surface area contributed by atoms with Gasteiger partial charge in [-0.05, 0) is 35.4 Å². The van der Waals surface area contributed by atoms with Gasteiger partial charge in [-0.25, -0.2) is 0 Å². The Balaban J connectivity index is 0.00000272. The molecular formula is C27H48ClN3O2S. The molecule has 196 valence electrons. The van der Waals surface area contributed by atoms with Gasteiger partial charge in [0.05, 0.1) is 11.5 Å². The van der Waals surface area contributed by atoms with Crippen LogP contribution in [-0.4, -0.2) is 30.9 Å². The van der Waals surface area contributed by atoms with Gasteiger partial charge in [0.25, 0.3) is 0 Å². The average Bonchev–Trinajstić information content (AvgIpc) is 3.16. The molecule has 3 aliphatic rings. The van der Waals surface area contributed by atoms with E-state index < -0.39 is 5.41 Å². The number of fused-ring (bicyclic) bond motifs is 2. The minimum Gasteiger partial charge on any atom is -0.358 e. The minimum atomic E-state index is -0.758. The fourth-order valence-corrected chi connectivity index (χ4v) is 6.49. The molecule has 34 heavy (non-hydrogen) atoms. The minimum absolute atomic E-state index is 0. The van der Waals surface area contributed by atoms with E-state index in [1.54, 1.807) is 7.05 Å². The van der Waals surface area contributed by atoms with Gasteiger partial charge in [-0.1, -0.05) is 92.8 Å².